The topological polar surface area (TPSA) is 221 Å². The average molecular weight is 983 g/mol. The zero-order valence-electron chi connectivity index (χ0n) is 44.0. The van der Waals surface area contributed by atoms with E-state index in [1.807, 2.05) is 44.5 Å². The molecule has 0 unspecified atom stereocenters. The van der Waals surface area contributed by atoms with Gasteiger partial charge < -0.3 is 52.6 Å². The largest absolute Gasteiger partial charge is 0.461 e. The lowest BCUT2D eigenvalue weighted by atomic mass is 9.77. The Morgan fingerprint density at radius 1 is 0.910 bits per heavy atom. The first-order valence-corrected chi connectivity index (χ1v) is 25.3. The molecule has 2 heterocycles. The smallest absolute Gasteiger partial charge is 0.311 e. The van der Waals surface area contributed by atoms with Crippen LogP contribution in [0.4, 0.5) is 0 Å². The highest BCUT2D eigenvalue weighted by Gasteiger charge is 2.54. The molecule has 0 spiro atoms. The molecule has 0 aliphatic carbocycles. The lowest BCUT2D eigenvalue weighted by molar-refractivity contribution is -0.317. The van der Waals surface area contributed by atoms with Crippen LogP contribution in [0.15, 0.2) is 0 Å². The van der Waals surface area contributed by atoms with Gasteiger partial charge in [-0.3, -0.25) is 28.3 Å². The maximum Gasteiger partial charge on any atom is 0.311 e. The summed E-state index contributed by atoms with van der Waals surface area (Å²) in [6, 6.07) is -0.724. The number of hydrogen-bond acceptors (Lipinski definition) is 19. The molecule has 0 bridgehead atoms. The minimum atomic E-state index is -4.10. The molecule has 0 amide bonds. The Bertz CT molecular complexity index is 1730. The summed E-state index contributed by atoms with van der Waals surface area (Å²) in [4.78, 5) is 55.7. The van der Waals surface area contributed by atoms with Crippen LogP contribution in [0.3, 0.4) is 0 Å². The summed E-state index contributed by atoms with van der Waals surface area (Å²) >= 11 is 0. The van der Waals surface area contributed by atoms with Crippen LogP contribution in [0.5, 0.6) is 0 Å². The molecule has 67 heavy (non-hydrogen) atoms. The number of esters is 4. The van der Waals surface area contributed by atoms with Crippen molar-refractivity contribution in [3.63, 3.8) is 0 Å². The van der Waals surface area contributed by atoms with Crippen molar-refractivity contribution in [2.75, 3.05) is 41.1 Å². The molecule has 2 rings (SSSR count). The fraction of sp³-hybridized carbons (Fsp3) is 0.915. The molecule has 2 saturated heterocycles. The van der Waals surface area contributed by atoms with E-state index < -0.39 is 130 Å². The molecule has 0 radical (unpaired) electrons. The minimum Gasteiger partial charge on any atom is -0.461 e. The number of hydrogen-bond donors (Lipinski definition) is 1. The van der Waals surface area contributed by atoms with Crippen LogP contribution >= 0.6 is 0 Å². The summed E-state index contributed by atoms with van der Waals surface area (Å²) in [7, 11) is 2.87. The van der Waals surface area contributed by atoms with Crippen LogP contribution in [-0.2, 0) is 76.1 Å². The second-order valence-electron chi connectivity index (χ2n) is 20.4. The number of carbonyl (C=O) groups is 4. The van der Waals surface area contributed by atoms with Crippen molar-refractivity contribution in [3.05, 3.63) is 0 Å². The van der Waals surface area contributed by atoms with Gasteiger partial charge in [-0.05, 0) is 109 Å². The average Bonchev–Trinajstić information content (AvgIpc) is 3.17. The third-order valence-electron chi connectivity index (χ3n) is 13.2. The third-order valence-corrected chi connectivity index (χ3v) is 13.8. The third kappa shape index (κ3) is 17.7. The normalized spacial score (nSPS) is 29.6. The number of methoxy groups -OCH3 is 1. The van der Waals surface area contributed by atoms with E-state index in [2.05, 4.69) is 0 Å². The molecule has 0 saturated carbocycles. The molecule has 2 fully saturated rings. The van der Waals surface area contributed by atoms with E-state index in [9.17, 15) is 32.7 Å². The number of nitrogens with zero attached hydrogens (tertiary/aromatic N) is 2. The Balaban J connectivity index is 2.95. The van der Waals surface area contributed by atoms with E-state index in [0.717, 1.165) is 6.26 Å². The predicted octanol–water partition coefficient (Wildman–Crippen LogP) is 4.62. The highest BCUT2D eigenvalue weighted by molar-refractivity contribution is 7.86. The van der Waals surface area contributed by atoms with Gasteiger partial charge in [0.2, 0.25) is 0 Å². The lowest BCUT2D eigenvalue weighted by Gasteiger charge is -2.50. The van der Waals surface area contributed by atoms with E-state index >= 15 is 0 Å². The molecule has 0 aromatic heterocycles. The van der Waals surface area contributed by atoms with E-state index in [1.54, 1.807) is 69.5 Å². The number of rotatable bonds is 25. The van der Waals surface area contributed by atoms with Gasteiger partial charge in [-0.25, -0.2) is 0 Å². The highest BCUT2D eigenvalue weighted by atomic mass is 32.2. The van der Waals surface area contributed by atoms with Gasteiger partial charge in [0.25, 0.3) is 10.1 Å². The van der Waals surface area contributed by atoms with E-state index in [-0.39, 0.29) is 24.8 Å². The summed E-state index contributed by atoms with van der Waals surface area (Å²) in [5, 5.41) is 11.0. The molecule has 17 atom stereocenters. The summed E-state index contributed by atoms with van der Waals surface area (Å²) in [5.74, 6) is -4.61. The molecule has 392 valence electrons. The summed E-state index contributed by atoms with van der Waals surface area (Å²) < 4.78 is 87.9. The molecular weight excluding hydrogens is 897 g/mol. The Morgan fingerprint density at radius 3 is 1.99 bits per heavy atom. The first-order chi connectivity index (χ1) is 30.6. The second kappa shape index (κ2) is 25.0. The Kier molecular flexibility index (Phi) is 22.6. The van der Waals surface area contributed by atoms with Gasteiger partial charge in [-0.15, -0.1) is 0 Å². The molecule has 0 aromatic rings. The zero-order chi connectivity index (χ0) is 51.7. The number of aliphatic hydroxyl groups is 1. The molecular formula is C47H86N2O17S. The predicted molar refractivity (Wildman–Crippen MR) is 248 cm³/mol. The van der Waals surface area contributed by atoms with Gasteiger partial charge in [0, 0.05) is 58.8 Å². The van der Waals surface area contributed by atoms with Crippen molar-refractivity contribution in [3.8, 4) is 0 Å². The van der Waals surface area contributed by atoms with E-state index in [1.165, 1.54) is 27.9 Å². The van der Waals surface area contributed by atoms with Crippen LogP contribution in [0.25, 0.3) is 0 Å². The monoisotopic (exact) mass is 983 g/mol. The van der Waals surface area contributed by atoms with Crippen molar-refractivity contribution < 1.29 is 79.5 Å². The van der Waals surface area contributed by atoms with Gasteiger partial charge in [0.1, 0.15) is 35.6 Å². The Hall–Kier alpha value is -2.53. The lowest BCUT2D eigenvalue weighted by Crippen LogP contribution is -2.62. The molecule has 2 aliphatic heterocycles. The van der Waals surface area contributed by atoms with Crippen LogP contribution in [0.1, 0.15) is 130 Å². The van der Waals surface area contributed by atoms with Crippen molar-refractivity contribution in [1.29, 1.82) is 0 Å². The number of likely N-dealkylation sites (N-methyl/N-ethyl adjacent to an activating group) is 2. The van der Waals surface area contributed by atoms with Crippen molar-refractivity contribution >= 4 is 34.0 Å². The molecule has 20 heteroatoms. The summed E-state index contributed by atoms with van der Waals surface area (Å²) in [5.41, 5.74) is -4.07. The van der Waals surface area contributed by atoms with Gasteiger partial charge in [-0.2, -0.15) is 8.42 Å². The second-order valence-corrected chi connectivity index (χ2v) is 22.0. The standard InChI is InChI=1S/C47H86N2O17S/c1-21-37(45(12,13)54)62-43(53)29(5)39(63-38-24-46(14,57-19)42(32(8)60-38)61-34(10)51)28(4)41(64-44-40(66-67(20,55)56)36(48(16)17)22-27(3)58-44)47(15,65-35(11)52)23-26(2)25-49(18)30(6)31(7)59-33(9)50/h26-32,36-42,44,54H,21-25H2,1-20H3/t26-,27-,28+,29-,30-,31+,32+,36+,37-,38+,39+,40-,41-,42+,44+,46-,47-/m1/s1. The van der Waals surface area contributed by atoms with E-state index in [4.69, 9.17) is 46.8 Å². The van der Waals surface area contributed by atoms with Crippen LogP contribution in [0, 0.1) is 17.8 Å². The first-order valence-electron chi connectivity index (χ1n) is 23.5. The van der Waals surface area contributed by atoms with Gasteiger partial charge in [0.15, 0.2) is 18.7 Å². The maximum atomic E-state index is 14.4. The van der Waals surface area contributed by atoms with E-state index in [0.29, 0.717) is 19.4 Å². The van der Waals surface area contributed by atoms with Crippen molar-refractivity contribution in [2.45, 2.75) is 220 Å². The summed E-state index contributed by atoms with van der Waals surface area (Å²) in [6.07, 6.45) is -7.63. The fourth-order valence-electron chi connectivity index (χ4n) is 9.72. The Morgan fingerprint density at radius 2 is 1.51 bits per heavy atom. The van der Waals surface area contributed by atoms with Crippen LogP contribution in [-0.4, -0.2) is 179 Å². The highest BCUT2D eigenvalue weighted by Crippen LogP contribution is 2.42. The van der Waals surface area contributed by atoms with Gasteiger partial charge in [-0.1, -0.05) is 20.8 Å². The first kappa shape index (κ1) is 60.6. The Labute approximate surface area is 400 Å². The number of carbonyl (C=O) groups excluding carboxylic acids is 4. The van der Waals surface area contributed by atoms with Crippen molar-refractivity contribution in [2.24, 2.45) is 17.8 Å². The van der Waals surface area contributed by atoms with Crippen LogP contribution < -0.4 is 0 Å². The molecule has 0 aromatic carbocycles. The fourth-order valence-corrected chi connectivity index (χ4v) is 10.3. The van der Waals surface area contributed by atoms with Crippen LogP contribution in [0.2, 0.25) is 0 Å². The summed E-state index contributed by atoms with van der Waals surface area (Å²) in [6.45, 7) is 25.3. The number of ether oxygens (including phenoxy) is 9. The SMILES string of the molecule is CC[C@@H](OC(=O)[C@H](C)[C@@H](O[C@H]1C[C@@](C)(OC)[C@@H](OC(C)=O)[C@H](C)O1)[C@H](C)[C@@H](O[C@@H]1O[C@H](C)C[C@H](N(C)C)[C@H]1OS(C)(=O)=O)[C@@](C)(C[C@@H](C)CN(C)[C@H](C)[C@H](C)OC(C)=O)OC(C)=O)C(C)(C)O. The quantitative estimate of drug-likeness (QED) is 0.0749. The zero-order valence-corrected chi connectivity index (χ0v) is 44.8. The molecule has 2 aliphatic rings. The van der Waals surface area contributed by atoms with Gasteiger partial charge in [0.05, 0.1) is 36.1 Å². The maximum absolute atomic E-state index is 14.4. The minimum absolute atomic E-state index is 0.0378. The molecule has 19 nitrogen and oxygen atoms in total. The van der Waals surface area contributed by atoms with Crippen molar-refractivity contribution in [1.82, 2.24) is 9.80 Å². The molecule has 1 N–H and O–H groups in total. The van der Waals surface area contributed by atoms with Gasteiger partial charge >= 0.3 is 23.9 Å².